The van der Waals surface area contributed by atoms with Gasteiger partial charge in [-0.05, 0) is 13.8 Å². The van der Waals surface area contributed by atoms with Crippen molar-refractivity contribution in [3.8, 4) is 0 Å². The van der Waals surface area contributed by atoms with Gasteiger partial charge < -0.3 is 15.6 Å². The van der Waals surface area contributed by atoms with Gasteiger partial charge in [0.2, 0.25) is 5.91 Å². The minimum absolute atomic E-state index is 0.0759. The molecule has 82 valence electrons. The highest BCUT2D eigenvalue weighted by molar-refractivity contribution is 7.80. The second kappa shape index (κ2) is 4.88. The molecule has 1 unspecified atom stereocenters. The quantitative estimate of drug-likeness (QED) is 0.720. The second-order valence-electron chi connectivity index (χ2n) is 3.09. The number of nitrogens with one attached hydrogen (secondary N) is 1. The van der Waals surface area contributed by atoms with Crippen LogP contribution in [0.25, 0.3) is 0 Å². The van der Waals surface area contributed by atoms with Gasteiger partial charge in [0.1, 0.15) is 11.0 Å². The molecule has 0 bridgehead atoms. The molecule has 5 nitrogen and oxygen atoms in total. The van der Waals surface area contributed by atoms with Gasteiger partial charge in [0, 0.05) is 18.9 Å². The van der Waals surface area contributed by atoms with E-state index in [2.05, 4.69) is 10.3 Å². The summed E-state index contributed by atoms with van der Waals surface area (Å²) in [6.45, 7) is 4.24. The molecule has 0 aromatic carbocycles. The first-order valence-electron chi connectivity index (χ1n) is 4.68. The van der Waals surface area contributed by atoms with Gasteiger partial charge in [-0.3, -0.25) is 4.79 Å². The fourth-order valence-corrected chi connectivity index (χ4v) is 1.42. The summed E-state index contributed by atoms with van der Waals surface area (Å²) < 4.78 is 1.66. The van der Waals surface area contributed by atoms with Gasteiger partial charge in [0.25, 0.3) is 0 Å². The number of imidazole rings is 1. The number of aromatic nitrogens is 2. The van der Waals surface area contributed by atoms with E-state index in [4.69, 9.17) is 18.0 Å². The molecule has 15 heavy (non-hydrogen) atoms. The Morgan fingerprint density at radius 2 is 2.47 bits per heavy atom. The van der Waals surface area contributed by atoms with Gasteiger partial charge in [-0.15, -0.1) is 0 Å². The van der Waals surface area contributed by atoms with E-state index in [1.54, 1.807) is 23.9 Å². The lowest BCUT2D eigenvalue weighted by Gasteiger charge is -2.14. The van der Waals surface area contributed by atoms with E-state index in [0.29, 0.717) is 12.4 Å². The van der Waals surface area contributed by atoms with E-state index in [9.17, 15) is 4.79 Å². The zero-order valence-electron chi connectivity index (χ0n) is 8.73. The number of amides is 1. The molecule has 0 aliphatic carbocycles. The second-order valence-corrected chi connectivity index (χ2v) is 3.53. The molecule has 1 aromatic rings. The molecule has 0 saturated heterocycles. The maximum absolute atomic E-state index is 11.6. The van der Waals surface area contributed by atoms with Crippen molar-refractivity contribution < 1.29 is 4.79 Å². The zero-order valence-corrected chi connectivity index (χ0v) is 9.54. The summed E-state index contributed by atoms with van der Waals surface area (Å²) in [7, 11) is 0. The number of nitrogens with zero attached hydrogens (tertiary/aromatic N) is 2. The van der Waals surface area contributed by atoms with Gasteiger partial charge in [-0.1, -0.05) is 12.2 Å². The third-order valence-electron chi connectivity index (χ3n) is 2.04. The lowest BCUT2D eigenvalue weighted by molar-refractivity contribution is -0.123. The molecule has 0 fully saturated rings. The minimum atomic E-state index is -0.357. The molecule has 3 N–H and O–H groups in total. The summed E-state index contributed by atoms with van der Waals surface area (Å²) in [6, 6.07) is -0.357. The lowest BCUT2D eigenvalue weighted by Crippen LogP contribution is -2.32. The number of hydrogen-bond donors (Lipinski definition) is 2. The van der Waals surface area contributed by atoms with Crippen molar-refractivity contribution in [2.24, 2.45) is 5.73 Å². The molecule has 0 radical (unpaired) electrons. The molecular formula is C9H14N4OS. The van der Waals surface area contributed by atoms with Gasteiger partial charge >= 0.3 is 0 Å². The third kappa shape index (κ3) is 2.53. The predicted molar refractivity (Wildman–Crippen MR) is 61.5 cm³/mol. The largest absolute Gasteiger partial charge is 0.387 e. The van der Waals surface area contributed by atoms with Crippen LogP contribution in [0.5, 0.6) is 0 Å². The summed E-state index contributed by atoms with van der Waals surface area (Å²) >= 11 is 4.84. The molecule has 1 heterocycles. The normalized spacial score (nSPS) is 12.1. The van der Waals surface area contributed by atoms with Crippen LogP contribution in [-0.2, 0) is 4.79 Å². The summed E-state index contributed by atoms with van der Waals surface area (Å²) in [6.07, 6.45) is 3.26. The van der Waals surface area contributed by atoms with Gasteiger partial charge in [-0.25, -0.2) is 4.98 Å². The highest BCUT2D eigenvalue weighted by atomic mass is 32.1. The van der Waals surface area contributed by atoms with Crippen molar-refractivity contribution in [3.63, 3.8) is 0 Å². The van der Waals surface area contributed by atoms with Crippen LogP contribution >= 0.6 is 12.2 Å². The maximum Gasteiger partial charge on any atom is 0.242 e. The molecule has 0 spiro atoms. The SMILES string of the molecule is CCNC(=O)C(C)n1ccnc1C(N)=S. The van der Waals surface area contributed by atoms with Crippen molar-refractivity contribution in [2.75, 3.05) is 6.54 Å². The molecule has 0 aliphatic rings. The Bertz CT molecular complexity index is 374. The van der Waals surface area contributed by atoms with Crippen LogP contribution in [0.4, 0.5) is 0 Å². The number of hydrogen-bond acceptors (Lipinski definition) is 3. The average Bonchev–Trinajstić information content (AvgIpc) is 2.65. The van der Waals surface area contributed by atoms with Crippen LogP contribution in [0, 0.1) is 0 Å². The summed E-state index contributed by atoms with van der Waals surface area (Å²) in [5.41, 5.74) is 5.49. The molecule has 1 amide bonds. The van der Waals surface area contributed by atoms with Crippen molar-refractivity contribution in [1.29, 1.82) is 0 Å². The van der Waals surface area contributed by atoms with E-state index in [1.807, 2.05) is 6.92 Å². The van der Waals surface area contributed by atoms with E-state index in [0.717, 1.165) is 0 Å². The summed E-state index contributed by atoms with van der Waals surface area (Å²) in [5, 5.41) is 2.73. The van der Waals surface area contributed by atoms with Gasteiger partial charge in [0.05, 0.1) is 0 Å². The highest BCUT2D eigenvalue weighted by Gasteiger charge is 2.17. The minimum Gasteiger partial charge on any atom is -0.387 e. The van der Waals surface area contributed by atoms with E-state index in [-0.39, 0.29) is 16.9 Å². The van der Waals surface area contributed by atoms with Crippen molar-refractivity contribution in [2.45, 2.75) is 19.9 Å². The first kappa shape index (κ1) is 11.6. The number of carbonyl (C=O) groups excluding carboxylic acids is 1. The highest BCUT2D eigenvalue weighted by Crippen LogP contribution is 2.09. The van der Waals surface area contributed by atoms with Crippen molar-refractivity contribution in [1.82, 2.24) is 14.9 Å². The van der Waals surface area contributed by atoms with E-state index < -0.39 is 0 Å². The summed E-state index contributed by atoms with van der Waals surface area (Å²) in [4.78, 5) is 15.8. The first-order chi connectivity index (χ1) is 7.07. The first-order valence-corrected chi connectivity index (χ1v) is 5.09. The van der Waals surface area contributed by atoms with Crippen LogP contribution in [-0.4, -0.2) is 27.0 Å². The Morgan fingerprint density at radius 3 is 3.00 bits per heavy atom. The predicted octanol–water partition coefficient (Wildman–Crippen LogP) is 0.214. The fraction of sp³-hybridized carbons (Fsp3) is 0.444. The van der Waals surface area contributed by atoms with E-state index in [1.165, 1.54) is 0 Å². The number of thiocarbonyl (C=S) groups is 1. The number of nitrogens with two attached hydrogens (primary N) is 1. The van der Waals surface area contributed by atoms with Crippen LogP contribution in [0.1, 0.15) is 25.7 Å². The van der Waals surface area contributed by atoms with Crippen LogP contribution in [0.15, 0.2) is 12.4 Å². The molecule has 1 atom stereocenters. The molecule has 1 aromatic heterocycles. The molecule has 1 rings (SSSR count). The Morgan fingerprint density at radius 1 is 1.80 bits per heavy atom. The number of likely N-dealkylation sites (N-methyl/N-ethyl adjacent to an activating group) is 1. The monoisotopic (exact) mass is 226 g/mol. The smallest absolute Gasteiger partial charge is 0.242 e. The Labute approximate surface area is 93.7 Å². The topological polar surface area (TPSA) is 72.9 Å². The molecule has 6 heteroatoms. The maximum atomic E-state index is 11.6. The molecular weight excluding hydrogens is 212 g/mol. The third-order valence-corrected chi connectivity index (χ3v) is 2.22. The summed E-state index contributed by atoms with van der Waals surface area (Å²) in [5.74, 6) is 0.386. The fourth-order valence-electron chi connectivity index (χ4n) is 1.26. The number of rotatable bonds is 4. The van der Waals surface area contributed by atoms with E-state index >= 15 is 0 Å². The Balaban J connectivity index is 2.90. The standard InChI is InChI=1S/C9H14N4OS/c1-3-11-9(14)6(2)13-5-4-12-8(13)7(10)15/h4-6H,3H2,1-2H3,(H2,10,15)(H,11,14). The van der Waals surface area contributed by atoms with Crippen LogP contribution in [0.2, 0.25) is 0 Å². The van der Waals surface area contributed by atoms with Crippen LogP contribution in [0.3, 0.4) is 0 Å². The van der Waals surface area contributed by atoms with Crippen molar-refractivity contribution >= 4 is 23.1 Å². The lowest BCUT2D eigenvalue weighted by atomic mass is 10.3. The number of carbonyl (C=O) groups is 1. The molecule has 0 aliphatic heterocycles. The molecule has 0 saturated carbocycles. The average molecular weight is 226 g/mol. The Kier molecular flexibility index (Phi) is 3.79. The van der Waals surface area contributed by atoms with Gasteiger partial charge in [0.15, 0.2) is 5.82 Å². The van der Waals surface area contributed by atoms with Crippen LogP contribution < -0.4 is 11.1 Å². The van der Waals surface area contributed by atoms with Gasteiger partial charge in [-0.2, -0.15) is 0 Å². The van der Waals surface area contributed by atoms with Crippen molar-refractivity contribution in [3.05, 3.63) is 18.2 Å². The zero-order chi connectivity index (χ0) is 11.4. The Hall–Kier alpha value is -1.43.